The van der Waals surface area contributed by atoms with Gasteiger partial charge >= 0.3 is 6.43 Å². The largest absolute Gasteiger partial charge is 0.415 e. The summed E-state index contributed by atoms with van der Waals surface area (Å²) in [5.41, 5.74) is 3.87. The predicted molar refractivity (Wildman–Crippen MR) is 99.1 cm³/mol. The molecule has 1 aromatic carbocycles. The fourth-order valence-electron chi connectivity index (χ4n) is 3.14. The number of rotatable bonds is 4. The van der Waals surface area contributed by atoms with Gasteiger partial charge in [-0.25, -0.2) is 0 Å². The Balaban J connectivity index is 1.47. The van der Waals surface area contributed by atoms with Crippen LogP contribution >= 0.6 is 15.9 Å². The van der Waals surface area contributed by atoms with Crippen molar-refractivity contribution >= 4 is 21.6 Å². The highest BCUT2D eigenvalue weighted by molar-refractivity contribution is 9.10. The lowest BCUT2D eigenvalue weighted by molar-refractivity contribution is 0.116. The van der Waals surface area contributed by atoms with E-state index in [-0.39, 0.29) is 5.89 Å². The van der Waals surface area contributed by atoms with Crippen LogP contribution in [0.4, 0.5) is 14.5 Å². The fourth-order valence-corrected chi connectivity index (χ4v) is 3.55. The number of alkyl halides is 2. The zero-order chi connectivity index (χ0) is 19.0. The lowest BCUT2D eigenvalue weighted by atomic mass is 10.1. The standard InChI is InChI=1S/C18H16BrF2N5O/c1-25-10-26(8-12-6-13(19)3-5-15(12)25)9-14-4-2-11(7-22-14)17-23-24-18(27-17)16(20)21/h2-7,16H,8-10H2,1H3. The van der Waals surface area contributed by atoms with Gasteiger partial charge in [-0.05, 0) is 35.9 Å². The van der Waals surface area contributed by atoms with Crippen molar-refractivity contribution in [2.45, 2.75) is 19.5 Å². The van der Waals surface area contributed by atoms with Crippen LogP contribution in [-0.4, -0.2) is 33.8 Å². The third-order valence-corrected chi connectivity index (χ3v) is 4.84. The van der Waals surface area contributed by atoms with Crippen molar-refractivity contribution in [3.05, 3.63) is 58.1 Å². The highest BCUT2D eigenvalue weighted by Gasteiger charge is 2.21. The van der Waals surface area contributed by atoms with Crippen molar-refractivity contribution in [3.63, 3.8) is 0 Å². The molecule has 0 aliphatic carbocycles. The Morgan fingerprint density at radius 1 is 1.22 bits per heavy atom. The third kappa shape index (κ3) is 3.84. The van der Waals surface area contributed by atoms with Crippen molar-refractivity contribution in [2.24, 2.45) is 0 Å². The van der Waals surface area contributed by atoms with E-state index in [1.165, 1.54) is 11.3 Å². The van der Waals surface area contributed by atoms with Gasteiger partial charge in [0, 0.05) is 36.5 Å². The second-order valence-electron chi connectivity index (χ2n) is 6.38. The molecule has 6 nitrogen and oxygen atoms in total. The molecule has 27 heavy (non-hydrogen) atoms. The van der Waals surface area contributed by atoms with Crippen LogP contribution < -0.4 is 4.90 Å². The van der Waals surface area contributed by atoms with Crippen molar-refractivity contribution in [1.29, 1.82) is 0 Å². The molecule has 0 atom stereocenters. The van der Waals surface area contributed by atoms with Crippen LogP contribution in [0.2, 0.25) is 0 Å². The van der Waals surface area contributed by atoms with Crippen LogP contribution in [0.15, 0.2) is 45.4 Å². The van der Waals surface area contributed by atoms with Gasteiger partial charge in [0.15, 0.2) is 0 Å². The minimum absolute atomic E-state index is 0.0424. The molecule has 0 radical (unpaired) electrons. The molecule has 4 rings (SSSR count). The van der Waals surface area contributed by atoms with E-state index in [9.17, 15) is 8.78 Å². The molecule has 0 saturated heterocycles. The second kappa shape index (κ2) is 7.32. The van der Waals surface area contributed by atoms with Gasteiger partial charge in [0.2, 0.25) is 5.89 Å². The number of aromatic nitrogens is 3. The van der Waals surface area contributed by atoms with Gasteiger partial charge in [0.1, 0.15) is 0 Å². The fraction of sp³-hybridized carbons (Fsp3) is 0.278. The Hall–Kier alpha value is -2.39. The van der Waals surface area contributed by atoms with E-state index < -0.39 is 12.3 Å². The van der Waals surface area contributed by atoms with Crippen LogP contribution in [0.5, 0.6) is 0 Å². The van der Waals surface area contributed by atoms with Gasteiger partial charge in [-0.1, -0.05) is 15.9 Å². The third-order valence-electron chi connectivity index (χ3n) is 4.34. The molecule has 0 saturated carbocycles. The molecule has 1 aliphatic heterocycles. The summed E-state index contributed by atoms with van der Waals surface area (Å²) >= 11 is 3.52. The van der Waals surface area contributed by atoms with Crippen LogP contribution in [0, 0.1) is 0 Å². The quantitative estimate of drug-likeness (QED) is 0.610. The number of nitrogens with zero attached hydrogens (tertiary/aromatic N) is 5. The molecule has 0 fully saturated rings. The second-order valence-corrected chi connectivity index (χ2v) is 7.30. The molecule has 0 N–H and O–H groups in total. The van der Waals surface area contributed by atoms with E-state index in [1.54, 1.807) is 12.3 Å². The van der Waals surface area contributed by atoms with E-state index in [1.807, 2.05) is 12.1 Å². The molecule has 140 valence electrons. The Kier molecular flexibility index (Phi) is 4.88. The zero-order valence-corrected chi connectivity index (χ0v) is 16.0. The van der Waals surface area contributed by atoms with Crippen LogP contribution in [-0.2, 0) is 13.1 Å². The molecular weight excluding hydrogens is 420 g/mol. The number of hydrogen-bond donors (Lipinski definition) is 0. The predicted octanol–water partition coefficient (Wildman–Crippen LogP) is 4.24. The first-order valence-corrected chi connectivity index (χ1v) is 9.07. The molecule has 1 aliphatic rings. The summed E-state index contributed by atoms with van der Waals surface area (Å²) in [6, 6.07) is 9.89. The SMILES string of the molecule is CN1CN(Cc2ccc(-c3nnc(C(F)F)o3)cn2)Cc2cc(Br)ccc21. The van der Waals surface area contributed by atoms with Gasteiger partial charge in [0.05, 0.1) is 17.9 Å². The molecule has 0 amide bonds. The number of anilines is 1. The molecule has 9 heteroatoms. The van der Waals surface area contributed by atoms with Gasteiger partial charge in [0.25, 0.3) is 5.89 Å². The Bertz CT molecular complexity index is 947. The van der Waals surface area contributed by atoms with Crippen molar-refractivity contribution in [2.75, 3.05) is 18.6 Å². The minimum atomic E-state index is -2.78. The summed E-state index contributed by atoms with van der Waals surface area (Å²) in [4.78, 5) is 8.89. The van der Waals surface area contributed by atoms with E-state index in [4.69, 9.17) is 4.42 Å². The van der Waals surface area contributed by atoms with Gasteiger partial charge in [-0.15, -0.1) is 10.2 Å². The molecule has 0 bridgehead atoms. The lowest BCUT2D eigenvalue weighted by Gasteiger charge is -2.36. The zero-order valence-electron chi connectivity index (χ0n) is 14.4. The Morgan fingerprint density at radius 2 is 2.07 bits per heavy atom. The van der Waals surface area contributed by atoms with E-state index in [0.717, 1.165) is 23.4 Å². The number of hydrogen-bond acceptors (Lipinski definition) is 6. The van der Waals surface area contributed by atoms with E-state index in [2.05, 4.69) is 60.1 Å². The summed E-state index contributed by atoms with van der Waals surface area (Å²) in [5, 5.41) is 6.97. The molecule has 0 unspecified atom stereocenters. The van der Waals surface area contributed by atoms with Gasteiger partial charge in [-0.2, -0.15) is 8.78 Å². The number of halogens is 3. The van der Waals surface area contributed by atoms with Crippen LogP contribution in [0.1, 0.15) is 23.6 Å². The topological polar surface area (TPSA) is 58.3 Å². The average molecular weight is 436 g/mol. The highest BCUT2D eigenvalue weighted by atomic mass is 79.9. The van der Waals surface area contributed by atoms with Crippen molar-refractivity contribution in [3.8, 4) is 11.5 Å². The van der Waals surface area contributed by atoms with Crippen LogP contribution in [0.25, 0.3) is 11.5 Å². The van der Waals surface area contributed by atoms with E-state index >= 15 is 0 Å². The maximum Gasteiger partial charge on any atom is 0.314 e. The lowest BCUT2D eigenvalue weighted by Crippen LogP contribution is -2.39. The normalized spacial score (nSPS) is 14.6. The summed E-state index contributed by atoms with van der Waals surface area (Å²) < 4.78 is 31.1. The Morgan fingerprint density at radius 3 is 2.78 bits per heavy atom. The summed E-state index contributed by atoms with van der Waals surface area (Å²) in [5.74, 6) is -0.643. The maximum absolute atomic E-state index is 12.6. The molecule has 3 heterocycles. The molecule has 3 aromatic rings. The Labute approximate surface area is 163 Å². The highest BCUT2D eigenvalue weighted by Crippen LogP contribution is 2.29. The maximum atomic E-state index is 12.6. The smallest absolute Gasteiger partial charge is 0.314 e. The van der Waals surface area contributed by atoms with Gasteiger partial charge < -0.3 is 9.32 Å². The number of fused-ring (bicyclic) bond motifs is 1. The molecular formula is C18H16BrF2N5O. The average Bonchev–Trinajstić information content (AvgIpc) is 3.12. The minimum Gasteiger partial charge on any atom is -0.415 e. The number of benzene rings is 1. The van der Waals surface area contributed by atoms with Crippen molar-refractivity contribution < 1.29 is 13.2 Å². The molecule has 2 aromatic heterocycles. The first-order chi connectivity index (χ1) is 13.0. The number of pyridine rings is 1. The van der Waals surface area contributed by atoms with Crippen LogP contribution in [0.3, 0.4) is 0 Å². The molecule has 0 spiro atoms. The van der Waals surface area contributed by atoms with E-state index in [0.29, 0.717) is 12.1 Å². The van der Waals surface area contributed by atoms with Crippen molar-refractivity contribution in [1.82, 2.24) is 20.1 Å². The summed E-state index contributed by atoms with van der Waals surface area (Å²) in [6.07, 6.45) is -1.21. The monoisotopic (exact) mass is 435 g/mol. The summed E-state index contributed by atoms with van der Waals surface area (Å²) in [7, 11) is 2.06. The summed E-state index contributed by atoms with van der Waals surface area (Å²) in [6.45, 7) is 2.28. The first kappa shape index (κ1) is 18.0. The van der Waals surface area contributed by atoms with Gasteiger partial charge in [-0.3, -0.25) is 9.88 Å². The first-order valence-electron chi connectivity index (χ1n) is 8.28.